The summed E-state index contributed by atoms with van der Waals surface area (Å²) in [6.45, 7) is 4.15. The first-order valence-electron chi connectivity index (χ1n) is 5.23. The van der Waals surface area contributed by atoms with Gasteiger partial charge in [-0.1, -0.05) is 6.92 Å². The summed E-state index contributed by atoms with van der Waals surface area (Å²) in [6, 6.07) is 0.210. The molecule has 1 N–H and O–H groups in total. The van der Waals surface area contributed by atoms with E-state index < -0.39 is 4.33 Å². The summed E-state index contributed by atoms with van der Waals surface area (Å²) in [4.78, 5) is 11.6. The average molecular weight is 270 g/mol. The summed E-state index contributed by atoms with van der Waals surface area (Å²) in [6.07, 6.45) is 1.58. The normalized spacial score (nSPS) is 24.7. The third kappa shape index (κ3) is 4.41. The Morgan fingerprint density at radius 2 is 2.27 bits per heavy atom. The fourth-order valence-corrected chi connectivity index (χ4v) is 2.63. The van der Waals surface area contributed by atoms with E-state index in [-0.39, 0.29) is 17.9 Å². The maximum absolute atomic E-state index is 11.6. The number of thioether (sulfide) groups is 1. The van der Waals surface area contributed by atoms with Crippen molar-refractivity contribution in [2.75, 3.05) is 11.5 Å². The van der Waals surface area contributed by atoms with Crippen LogP contribution in [0, 0.1) is 5.92 Å². The molecule has 1 saturated carbocycles. The molecule has 1 rings (SSSR count). The van der Waals surface area contributed by atoms with Gasteiger partial charge in [-0.25, -0.2) is 0 Å². The lowest BCUT2D eigenvalue weighted by atomic mass is 10.2. The van der Waals surface area contributed by atoms with Crippen molar-refractivity contribution >= 4 is 40.9 Å². The van der Waals surface area contributed by atoms with Crippen molar-refractivity contribution in [1.82, 2.24) is 5.32 Å². The van der Waals surface area contributed by atoms with Gasteiger partial charge < -0.3 is 5.32 Å². The fraction of sp³-hybridized carbons (Fsp3) is 0.900. The number of hydrogen-bond donors (Lipinski definition) is 1. The van der Waals surface area contributed by atoms with E-state index in [1.54, 1.807) is 0 Å². The van der Waals surface area contributed by atoms with Crippen LogP contribution in [-0.4, -0.2) is 27.8 Å². The van der Waals surface area contributed by atoms with Crippen LogP contribution in [0.15, 0.2) is 0 Å². The first-order chi connectivity index (χ1) is 6.97. The van der Waals surface area contributed by atoms with Gasteiger partial charge >= 0.3 is 0 Å². The predicted molar refractivity (Wildman–Crippen MR) is 67.8 cm³/mol. The van der Waals surface area contributed by atoms with E-state index in [9.17, 15) is 4.79 Å². The second-order valence-corrected chi connectivity index (χ2v) is 6.85. The SMILES string of the molecule is CCSCC[C@H](C)NC(=O)[C@@H]1CC1(Cl)Cl. The molecule has 0 aromatic heterocycles. The predicted octanol–water partition coefficient (Wildman–Crippen LogP) is 2.83. The van der Waals surface area contributed by atoms with Gasteiger partial charge in [0.05, 0.1) is 5.92 Å². The highest BCUT2D eigenvalue weighted by atomic mass is 35.5. The summed E-state index contributed by atoms with van der Waals surface area (Å²) in [5.74, 6) is 1.99. The number of nitrogens with one attached hydrogen (secondary N) is 1. The average Bonchev–Trinajstić information content (AvgIpc) is 2.76. The van der Waals surface area contributed by atoms with Crippen LogP contribution in [0.4, 0.5) is 0 Å². The van der Waals surface area contributed by atoms with Crippen molar-refractivity contribution < 1.29 is 4.79 Å². The van der Waals surface area contributed by atoms with E-state index in [1.807, 2.05) is 18.7 Å². The number of rotatable bonds is 6. The molecule has 1 aliphatic rings. The quantitative estimate of drug-likeness (QED) is 0.594. The Labute approximate surface area is 105 Å². The summed E-state index contributed by atoms with van der Waals surface area (Å²) in [5, 5.41) is 2.94. The van der Waals surface area contributed by atoms with Gasteiger partial charge in [0.1, 0.15) is 4.33 Å². The minimum Gasteiger partial charge on any atom is -0.353 e. The van der Waals surface area contributed by atoms with Crippen LogP contribution in [0.1, 0.15) is 26.7 Å². The highest BCUT2D eigenvalue weighted by Crippen LogP contribution is 2.53. The molecule has 0 saturated heterocycles. The smallest absolute Gasteiger partial charge is 0.226 e. The van der Waals surface area contributed by atoms with Gasteiger partial charge in [-0.3, -0.25) is 4.79 Å². The molecule has 15 heavy (non-hydrogen) atoms. The zero-order valence-electron chi connectivity index (χ0n) is 9.06. The van der Waals surface area contributed by atoms with Crippen molar-refractivity contribution in [1.29, 1.82) is 0 Å². The zero-order valence-corrected chi connectivity index (χ0v) is 11.4. The molecule has 0 unspecified atom stereocenters. The number of carbonyl (C=O) groups is 1. The molecule has 0 aromatic rings. The lowest BCUT2D eigenvalue weighted by Gasteiger charge is -2.13. The molecule has 1 fully saturated rings. The molecule has 2 nitrogen and oxygen atoms in total. The molecule has 0 radical (unpaired) electrons. The van der Waals surface area contributed by atoms with E-state index >= 15 is 0 Å². The molecule has 1 aliphatic carbocycles. The van der Waals surface area contributed by atoms with Crippen molar-refractivity contribution in [2.24, 2.45) is 5.92 Å². The van der Waals surface area contributed by atoms with Gasteiger partial charge in [-0.05, 0) is 31.3 Å². The number of amides is 1. The lowest BCUT2D eigenvalue weighted by molar-refractivity contribution is -0.122. The van der Waals surface area contributed by atoms with Crippen LogP contribution in [0.3, 0.4) is 0 Å². The Morgan fingerprint density at radius 1 is 1.67 bits per heavy atom. The lowest BCUT2D eigenvalue weighted by Crippen LogP contribution is -2.35. The molecule has 0 aromatic carbocycles. The molecule has 0 spiro atoms. The maximum atomic E-state index is 11.6. The minimum atomic E-state index is -0.804. The topological polar surface area (TPSA) is 29.1 Å². The number of hydrogen-bond acceptors (Lipinski definition) is 2. The largest absolute Gasteiger partial charge is 0.353 e. The Hall–Kier alpha value is 0.400. The second kappa shape index (κ2) is 5.65. The Morgan fingerprint density at radius 3 is 2.73 bits per heavy atom. The summed E-state index contributed by atoms with van der Waals surface area (Å²) in [5.41, 5.74) is 0. The van der Waals surface area contributed by atoms with Gasteiger partial charge in [-0.15, -0.1) is 23.2 Å². The molecular weight excluding hydrogens is 253 g/mol. The Kier molecular flexibility index (Phi) is 5.07. The number of alkyl halides is 2. The summed E-state index contributed by atoms with van der Waals surface area (Å²) in [7, 11) is 0. The Bertz CT molecular complexity index is 235. The van der Waals surface area contributed by atoms with Gasteiger partial charge in [0.25, 0.3) is 0 Å². The van der Waals surface area contributed by atoms with Crippen LogP contribution in [-0.2, 0) is 4.79 Å². The van der Waals surface area contributed by atoms with Gasteiger partial charge in [0.15, 0.2) is 0 Å². The van der Waals surface area contributed by atoms with Crippen LogP contribution in [0.25, 0.3) is 0 Å². The van der Waals surface area contributed by atoms with Gasteiger partial charge in [0, 0.05) is 6.04 Å². The van der Waals surface area contributed by atoms with Crippen molar-refractivity contribution in [3.63, 3.8) is 0 Å². The van der Waals surface area contributed by atoms with E-state index in [0.29, 0.717) is 6.42 Å². The van der Waals surface area contributed by atoms with Crippen LogP contribution >= 0.6 is 35.0 Å². The fourth-order valence-electron chi connectivity index (χ4n) is 1.32. The van der Waals surface area contributed by atoms with Crippen molar-refractivity contribution in [3.05, 3.63) is 0 Å². The van der Waals surface area contributed by atoms with E-state index in [1.165, 1.54) is 0 Å². The minimum absolute atomic E-state index is 0.00556. The number of halogens is 2. The molecule has 2 atom stereocenters. The highest BCUT2D eigenvalue weighted by molar-refractivity contribution is 7.99. The van der Waals surface area contributed by atoms with E-state index in [4.69, 9.17) is 23.2 Å². The molecule has 0 bridgehead atoms. The molecular formula is C10H17Cl2NOS. The highest BCUT2D eigenvalue weighted by Gasteiger charge is 2.56. The monoisotopic (exact) mass is 269 g/mol. The number of carbonyl (C=O) groups excluding carboxylic acids is 1. The molecule has 5 heteroatoms. The third-order valence-corrected chi connectivity index (χ3v) is 4.20. The van der Waals surface area contributed by atoms with Crippen LogP contribution in [0.2, 0.25) is 0 Å². The zero-order chi connectivity index (χ0) is 11.5. The molecule has 0 aliphatic heterocycles. The molecule has 88 valence electrons. The van der Waals surface area contributed by atoms with E-state index in [2.05, 4.69) is 12.2 Å². The third-order valence-electron chi connectivity index (χ3n) is 2.43. The van der Waals surface area contributed by atoms with Crippen LogP contribution in [0.5, 0.6) is 0 Å². The maximum Gasteiger partial charge on any atom is 0.226 e. The van der Waals surface area contributed by atoms with Gasteiger partial charge in [-0.2, -0.15) is 11.8 Å². The first-order valence-corrected chi connectivity index (χ1v) is 7.14. The Balaban J connectivity index is 2.15. The molecule has 0 heterocycles. The van der Waals surface area contributed by atoms with Crippen molar-refractivity contribution in [2.45, 2.75) is 37.1 Å². The van der Waals surface area contributed by atoms with E-state index in [0.717, 1.165) is 17.9 Å². The standard InChI is InChI=1S/C10H17Cl2NOS/c1-3-15-5-4-7(2)13-9(14)8-6-10(8,11)12/h7-8H,3-6H2,1-2H3,(H,13,14)/t7-,8-/m0/s1. The first kappa shape index (κ1) is 13.5. The van der Waals surface area contributed by atoms with Gasteiger partial charge in [0.2, 0.25) is 5.91 Å². The second-order valence-electron chi connectivity index (χ2n) is 3.91. The summed E-state index contributed by atoms with van der Waals surface area (Å²) < 4.78 is -0.804. The summed E-state index contributed by atoms with van der Waals surface area (Å²) >= 11 is 13.5. The molecule has 1 amide bonds. The van der Waals surface area contributed by atoms with Crippen molar-refractivity contribution in [3.8, 4) is 0 Å². The van der Waals surface area contributed by atoms with Crippen LogP contribution < -0.4 is 5.32 Å².